The number of rotatable bonds is 8. The van der Waals surface area contributed by atoms with Crippen molar-refractivity contribution in [1.82, 2.24) is 20.1 Å². The lowest BCUT2D eigenvalue weighted by atomic mass is 9.94. The number of halogens is 5. The molecule has 15 heteroatoms. The smallest absolute Gasteiger partial charge is 0.366 e. The van der Waals surface area contributed by atoms with Gasteiger partial charge in [-0.3, -0.25) is 28.4 Å². The molecule has 2 aromatic heterocycles. The normalized spacial score (nSPS) is 15.7. The summed E-state index contributed by atoms with van der Waals surface area (Å²) in [6.45, 7) is -0.637. The minimum absolute atomic E-state index is 0.00328. The number of carbonyl (C=O) groups is 2. The van der Waals surface area contributed by atoms with Crippen molar-refractivity contribution in [3.63, 3.8) is 0 Å². The van der Waals surface area contributed by atoms with Gasteiger partial charge in [-0.25, -0.2) is 8.78 Å². The van der Waals surface area contributed by atoms with Crippen molar-refractivity contribution in [3.05, 3.63) is 106 Å². The lowest BCUT2D eigenvalue weighted by Gasteiger charge is -2.36. The number of nitrogens with one attached hydrogen (secondary N) is 1. The van der Waals surface area contributed by atoms with Gasteiger partial charge in [-0.05, 0) is 47.9 Å². The number of nitrogens with two attached hydrogens (primary N) is 1. The summed E-state index contributed by atoms with van der Waals surface area (Å²) in [6, 6.07) is 11.5. The van der Waals surface area contributed by atoms with Gasteiger partial charge < -0.3 is 11.1 Å². The average molecular weight is 636 g/mol. The molecule has 0 fully saturated rings. The molecule has 1 aliphatic rings. The van der Waals surface area contributed by atoms with Crippen molar-refractivity contribution in [3.8, 4) is 11.1 Å². The Labute approximate surface area is 249 Å². The van der Waals surface area contributed by atoms with Gasteiger partial charge in [0.1, 0.15) is 18.2 Å². The van der Waals surface area contributed by atoms with E-state index < -0.39 is 64.2 Å². The van der Waals surface area contributed by atoms with Crippen LogP contribution in [0.5, 0.6) is 0 Å². The first-order valence-electron chi connectivity index (χ1n) is 13.2. The molecule has 2 amide bonds. The highest BCUT2D eigenvalue weighted by molar-refractivity contribution is 8.23. The highest BCUT2D eigenvalue weighted by Crippen LogP contribution is 2.50. The maximum absolute atomic E-state index is 14.2. The Kier molecular flexibility index (Phi) is 8.46. The SMILES string of the molecule is NC(=O)c1cc(-c2cccnc2C(Cc2cccc(F)c2)NC(=O)Cn2nc(C(F)(F)F)c3c2CCS(O)(O)C3)ccc1F. The van der Waals surface area contributed by atoms with Gasteiger partial charge >= 0.3 is 6.18 Å². The van der Waals surface area contributed by atoms with Crippen molar-refractivity contribution in [2.75, 3.05) is 5.75 Å². The van der Waals surface area contributed by atoms with E-state index in [-0.39, 0.29) is 41.1 Å². The molecule has 0 saturated heterocycles. The molecule has 2 aromatic carbocycles. The summed E-state index contributed by atoms with van der Waals surface area (Å²) < 4.78 is 90.6. The summed E-state index contributed by atoms with van der Waals surface area (Å²) in [5, 5.41) is 6.38. The number of pyridine rings is 1. The molecule has 44 heavy (non-hydrogen) atoms. The molecule has 5 N–H and O–H groups in total. The van der Waals surface area contributed by atoms with Crippen LogP contribution in [0.3, 0.4) is 0 Å². The number of nitrogens with zero attached hydrogens (tertiary/aromatic N) is 3. The average Bonchev–Trinajstić information content (AvgIpc) is 3.29. The second-order valence-electron chi connectivity index (χ2n) is 10.3. The molecule has 1 atom stereocenters. The maximum Gasteiger partial charge on any atom is 0.435 e. The van der Waals surface area contributed by atoms with Crippen LogP contribution in [0.25, 0.3) is 11.1 Å². The summed E-state index contributed by atoms with van der Waals surface area (Å²) in [6.07, 6.45) is -3.58. The molecule has 5 rings (SSSR count). The highest BCUT2D eigenvalue weighted by Gasteiger charge is 2.42. The second-order valence-corrected chi connectivity index (χ2v) is 12.6. The van der Waals surface area contributed by atoms with Gasteiger partial charge in [0.05, 0.1) is 23.1 Å². The molecule has 1 unspecified atom stereocenters. The van der Waals surface area contributed by atoms with Crippen molar-refractivity contribution in [2.24, 2.45) is 5.73 Å². The Morgan fingerprint density at radius 2 is 1.86 bits per heavy atom. The number of amides is 2. The van der Waals surface area contributed by atoms with Gasteiger partial charge in [0, 0.05) is 35.2 Å². The molecular weight excluding hydrogens is 609 g/mol. The fraction of sp³-hybridized carbons (Fsp3) is 0.241. The third kappa shape index (κ3) is 6.74. The number of hydrogen-bond acceptors (Lipinski definition) is 6. The van der Waals surface area contributed by atoms with Gasteiger partial charge in [-0.1, -0.05) is 24.3 Å². The zero-order valence-electron chi connectivity index (χ0n) is 22.8. The first-order valence-corrected chi connectivity index (χ1v) is 15.1. The maximum atomic E-state index is 14.2. The van der Waals surface area contributed by atoms with Gasteiger partial charge in [0.15, 0.2) is 5.69 Å². The number of fused-ring (bicyclic) bond motifs is 1. The van der Waals surface area contributed by atoms with Crippen molar-refractivity contribution >= 4 is 22.4 Å². The van der Waals surface area contributed by atoms with Gasteiger partial charge in [-0.15, -0.1) is 0 Å². The van der Waals surface area contributed by atoms with Crippen molar-refractivity contribution in [2.45, 2.75) is 37.4 Å². The van der Waals surface area contributed by atoms with Gasteiger partial charge in [0.2, 0.25) is 5.91 Å². The molecule has 4 aromatic rings. The molecule has 1 aliphatic heterocycles. The van der Waals surface area contributed by atoms with E-state index >= 15 is 0 Å². The van der Waals surface area contributed by atoms with Crippen LogP contribution in [0.4, 0.5) is 22.0 Å². The molecule has 0 radical (unpaired) electrons. The summed E-state index contributed by atoms with van der Waals surface area (Å²) >= 11 is 0. The fourth-order valence-electron chi connectivity index (χ4n) is 5.20. The first-order chi connectivity index (χ1) is 20.7. The molecule has 0 bridgehead atoms. The quantitative estimate of drug-likeness (QED) is 0.195. The Morgan fingerprint density at radius 3 is 2.57 bits per heavy atom. The van der Waals surface area contributed by atoms with Crippen LogP contribution < -0.4 is 11.1 Å². The standard InChI is InChI=1S/C29H26F5N5O4S/c30-18-4-1-3-16(11-18)12-23(26-19(5-2-9-36-26)17-6-7-22(31)20(13-17)28(35)41)37-25(40)14-39-24-8-10-44(42,43)15-21(24)27(38-39)29(32,33)34/h1-7,9,11,13,23,42-43H,8,10,12,14-15H2,(H2,35,41)(H,37,40). The van der Waals surface area contributed by atoms with Crippen LogP contribution in [0.2, 0.25) is 0 Å². The Morgan fingerprint density at radius 1 is 1.09 bits per heavy atom. The third-order valence-electron chi connectivity index (χ3n) is 7.15. The van der Waals surface area contributed by atoms with E-state index in [0.717, 1.165) is 10.7 Å². The van der Waals surface area contributed by atoms with Crippen LogP contribution in [0, 0.1) is 11.6 Å². The fourth-order valence-corrected chi connectivity index (χ4v) is 6.63. The lowest BCUT2D eigenvalue weighted by Crippen LogP contribution is -2.34. The van der Waals surface area contributed by atoms with E-state index in [2.05, 4.69) is 15.4 Å². The van der Waals surface area contributed by atoms with E-state index in [1.807, 2.05) is 0 Å². The van der Waals surface area contributed by atoms with Crippen molar-refractivity contribution < 1.29 is 40.6 Å². The first kappa shape index (κ1) is 31.1. The van der Waals surface area contributed by atoms with E-state index in [1.165, 1.54) is 36.5 Å². The van der Waals surface area contributed by atoms with E-state index in [1.54, 1.807) is 18.2 Å². The van der Waals surface area contributed by atoms with Crippen LogP contribution in [0.1, 0.15) is 44.6 Å². The Hall–Kier alpha value is -4.34. The van der Waals surface area contributed by atoms with E-state index in [0.29, 0.717) is 16.7 Å². The number of hydrogen-bond donors (Lipinski definition) is 4. The van der Waals surface area contributed by atoms with E-state index in [9.17, 15) is 40.6 Å². The zero-order valence-corrected chi connectivity index (χ0v) is 23.6. The van der Waals surface area contributed by atoms with Gasteiger partial charge in [0.25, 0.3) is 5.91 Å². The largest absolute Gasteiger partial charge is 0.435 e. The lowest BCUT2D eigenvalue weighted by molar-refractivity contribution is -0.142. The number of primary amides is 1. The number of alkyl halides is 3. The molecular formula is C29H26F5N5O4S. The Bertz CT molecular complexity index is 1740. The number of carbonyl (C=O) groups excluding carboxylic acids is 2. The zero-order chi connectivity index (χ0) is 31.8. The molecule has 3 heterocycles. The molecule has 9 nitrogen and oxygen atoms in total. The summed E-state index contributed by atoms with van der Waals surface area (Å²) in [4.78, 5) is 29.6. The predicted molar refractivity (Wildman–Crippen MR) is 151 cm³/mol. The minimum atomic E-state index is -4.89. The summed E-state index contributed by atoms with van der Waals surface area (Å²) in [7, 11) is -3.27. The topological polar surface area (TPSA) is 143 Å². The summed E-state index contributed by atoms with van der Waals surface area (Å²) in [5.74, 6) is -3.92. The van der Waals surface area contributed by atoms with Crippen LogP contribution in [-0.4, -0.2) is 41.4 Å². The van der Waals surface area contributed by atoms with E-state index in [4.69, 9.17) is 5.73 Å². The van der Waals surface area contributed by atoms with Crippen LogP contribution in [-0.2, 0) is 36.1 Å². The van der Waals surface area contributed by atoms with Crippen LogP contribution in [0.15, 0.2) is 60.8 Å². The molecule has 0 aliphatic carbocycles. The monoisotopic (exact) mass is 635 g/mol. The predicted octanol–water partition coefficient (Wildman–Crippen LogP) is 5.25. The van der Waals surface area contributed by atoms with Gasteiger partial charge in [-0.2, -0.15) is 28.9 Å². The second kappa shape index (κ2) is 12.0. The third-order valence-corrected chi connectivity index (χ3v) is 8.75. The minimum Gasteiger partial charge on any atom is -0.366 e. The number of benzene rings is 2. The number of aromatic nitrogens is 3. The highest BCUT2D eigenvalue weighted by atomic mass is 32.3. The Balaban J connectivity index is 1.51. The molecule has 0 spiro atoms. The molecule has 232 valence electrons. The van der Waals surface area contributed by atoms with Crippen LogP contribution >= 0.6 is 10.6 Å². The van der Waals surface area contributed by atoms with Crippen molar-refractivity contribution in [1.29, 1.82) is 0 Å². The summed E-state index contributed by atoms with van der Waals surface area (Å²) in [5.41, 5.74) is 4.81. The molecule has 0 saturated carbocycles.